The van der Waals surface area contributed by atoms with Crippen LogP contribution in [0.5, 0.6) is 0 Å². The molecule has 0 saturated carbocycles. The van der Waals surface area contributed by atoms with Gasteiger partial charge in [-0.3, -0.25) is 4.72 Å². The summed E-state index contributed by atoms with van der Waals surface area (Å²) in [5.74, 6) is -1.21. The summed E-state index contributed by atoms with van der Waals surface area (Å²) in [5.41, 5.74) is 0.0122. The molecule has 0 aliphatic heterocycles. The smallest absolute Gasteiger partial charge is 0.337 e. The highest BCUT2D eigenvalue weighted by atomic mass is 35.5. The zero-order valence-corrected chi connectivity index (χ0v) is 12.8. The number of aromatic carboxylic acids is 1. The fraction of sp³-hybridized carbons (Fsp3) is 0.417. The Bertz CT molecular complexity index is 589. The first-order valence-corrected chi connectivity index (χ1v) is 7.86. The van der Waals surface area contributed by atoms with Gasteiger partial charge < -0.3 is 5.11 Å². The maximum atomic E-state index is 12.0. The van der Waals surface area contributed by atoms with Crippen LogP contribution in [0.25, 0.3) is 0 Å². The van der Waals surface area contributed by atoms with Crippen LogP contribution in [0, 0.1) is 0 Å². The monoisotopic (exact) mass is 320 g/mol. The van der Waals surface area contributed by atoms with Crippen molar-refractivity contribution in [3.8, 4) is 0 Å². The summed E-state index contributed by atoms with van der Waals surface area (Å²) in [5, 5.41) is 9.00. The fourth-order valence-electron chi connectivity index (χ4n) is 1.48. The van der Waals surface area contributed by atoms with Crippen molar-refractivity contribution in [2.45, 2.75) is 19.8 Å². The Morgan fingerprint density at radius 3 is 2.65 bits per heavy atom. The average Bonchev–Trinajstić information content (AvgIpc) is 2.37. The summed E-state index contributed by atoms with van der Waals surface area (Å²) in [6.45, 7) is 2.36. The van der Waals surface area contributed by atoms with Gasteiger partial charge in [0.05, 0.1) is 16.3 Å². The maximum absolute atomic E-state index is 12.0. The van der Waals surface area contributed by atoms with Crippen LogP contribution in [0.2, 0.25) is 5.02 Å². The molecule has 20 heavy (non-hydrogen) atoms. The summed E-state index contributed by atoms with van der Waals surface area (Å²) in [6.07, 6.45) is 1.63. The van der Waals surface area contributed by atoms with Gasteiger partial charge in [-0.15, -0.1) is 0 Å². The lowest BCUT2D eigenvalue weighted by atomic mass is 10.2. The lowest BCUT2D eigenvalue weighted by Gasteiger charge is -2.18. The minimum atomic E-state index is -3.69. The lowest BCUT2D eigenvalue weighted by Crippen LogP contribution is -2.33. The van der Waals surface area contributed by atoms with Gasteiger partial charge in [-0.2, -0.15) is 12.7 Å². The van der Waals surface area contributed by atoms with E-state index in [0.29, 0.717) is 6.54 Å². The molecule has 0 aliphatic carbocycles. The van der Waals surface area contributed by atoms with Crippen LogP contribution >= 0.6 is 11.6 Å². The van der Waals surface area contributed by atoms with Crippen LogP contribution in [-0.2, 0) is 10.2 Å². The Kier molecular flexibility index (Phi) is 5.79. The average molecular weight is 321 g/mol. The predicted octanol–water partition coefficient (Wildman–Crippen LogP) is 2.43. The molecule has 0 atom stereocenters. The zero-order chi connectivity index (χ0) is 15.3. The van der Waals surface area contributed by atoms with Gasteiger partial charge in [0.25, 0.3) is 0 Å². The van der Waals surface area contributed by atoms with E-state index in [0.717, 1.165) is 12.8 Å². The van der Waals surface area contributed by atoms with Crippen LogP contribution < -0.4 is 4.72 Å². The van der Waals surface area contributed by atoms with Crippen molar-refractivity contribution in [1.29, 1.82) is 0 Å². The molecule has 0 unspecified atom stereocenters. The number of carboxylic acids is 1. The second-order valence-electron chi connectivity index (χ2n) is 4.28. The van der Waals surface area contributed by atoms with E-state index in [-0.39, 0.29) is 16.3 Å². The van der Waals surface area contributed by atoms with Gasteiger partial charge in [0.2, 0.25) is 0 Å². The van der Waals surface area contributed by atoms with E-state index in [1.807, 2.05) is 6.92 Å². The molecule has 0 bridgehead atoms. The second-order valence-corrected chi connectivity index (χ2v) is 6.47. The van der Waals surface area contributed by atoms with E-state index >= 15 is 0 Å². The Balaban J connectivity index is 2.92. The van der Waals surface area contributed by atoms with Gasteiger partial charge in [0.1, 0.15) is 0 Å². The summed E-state index contributed by atoms with van der Waals surface area (Å²) in [7, 11) is -2.23. The summed E-state index contributed by atoms with van der Waals surface area (Å²) < 4.78 is 27.5. The molecule has 0 fully saturated rings. The Morgan fingerprint density at radius 1 is 1.45 bits per heavy atom. The molecule has 1 aromatic carbocycles. The molecule has 6 nitrogen and oxygen atoms in total. The lowest BCUT2D eigenvalue weighted by molar-refractivity contribution is 0.0697. The molecule has 0 spiro atoms. The SMILES string of the molecule is CCCCN(C)S(=O)(=O)Nc1ccc(Cl)c(C(=O)O)c1. The highest BCUT2D eigenvalue weighted by molar-refractivity contribution is 7.90. The molecule has 0 saturated heterocycles. The summed E-state index contributed by atoms with van der Waals surface area (Å²) in [6, 6.07) is 3.95. The van der Waals surface area contributed by atoms with Gasteiger partial charge in [-0.1, -0.05) is 24.9 Å². The largest absolute Gasteiger partial charge is 0.478 e. The Hall–Kier alpha value is -1.31. The van der Waals surface area contributed by atoms with Crippen LogP contribution in [0.4, 0.5) is 5.69 Å². The molecular weight excluding hydrogens is 304 g/mol. The summed E-state index contributed by atoms with van der Waals surface area (Å²) >= 11 is 5.73. The summed E-state index contributed by atoms with van der Waals surface area (Å²) in [4.78, 5) is 10.9. The molecule has 0 aliphatic rings. The van der Waals surface area contributed by atoms with Gasteiger partial charge >= 0.3 is 16.2 Å². The van der Waals surface area contributed by atoms with Crippen molar-refractivity contribution in [2.75, 3.05) is 18.3 Å². The number of halogens is 1. The van der Waals surface area contributed by atoms with Crippen molar-refractivity contribution in [3.63, 3.8) is 0 Å². The third-order valence-corrected chi connectivity index (χ3v) is 4.51. The van der Waals surface area contributed by atoms with Crippen LogP contribution in [0.3, 0.4) is 0 Å². The van der Waals surface area contributed by atoms with Crippen molar-refractivity contribution in [3.05, 3.63) is 28.8 Å². The Morgan fingerprint density at radius 2 is 2.10 bits per heavy atom. The highest BCUT2D eigenvalue weighted by Gasteiger charge is 2.18. The molecule has 0 radical (unpaired) electrons. The molecule has 1 rings (SSSR count). The first-order chi connectivity index (χ1) is 9.27. The second kappa shape index (κ2) is 6.92. The number of carbonyl (C=O) groups is 1. The third kappa shape index (κ3) is 4.36. The highest BCUT2D eigenvalue weighted by Crippen LogP contribution is 2.21. The number of hydrogen-bond acceptors (Lipinski definition) is 3. The van der Waals surface area contributed by atoms with E-state index in [9.17, 15) is 13.2 Å². The predicted molar refractivity (Wildman–Crippen MR) is 78.5 cm³/mol. The molecule has 0 aromatic heterocycles. The third-order valence-electron chi connectivity index (χ3n) is 2.68. The normalized spacial score (nSPS) is 11.6. The molecule has 0 heterocycles. The van der Waals surface area contributed by atoms with Crippen LogP contribution in [0.1, 0.15) is 30.1 Å². The number of carboxylic acid groups (broad SMARTS) is 1. The number of unbranched alkanes of at least 4 members (excludes halogenated alkanes) is 1. The van der Waals surface area contributed by atoms with E-state index < -0.39 is 16.2 Å². The van der Waals surface area contributed by atoms with Gasteiger partial charge in [0.15, 0.2) is 0 Å². The minimum Gasteiger partial charge on any atom is -0.478 e. The number of rotatable bonds is 7. The van der Waals surface area contributed by atoms with Crippen molar-refractivity contribution < 1.29 is 18.3 Å². The fourth-order valence-corrected chi connectivity index (χ4v) is 2.63. The Labute approximate surface area is 123 Å². The van der Waals surface area contributed by atoms with Crippen molar-refractivity contribution in [1.82, 2.24) is 4.31 Å². The van der Waals surface area contributed by atoms with Gasteiger partial charge in [-0.25, -0.2) is 4.79 Å². The quantitative estimate of drug-likeness (QED) is 0.807. The molecule has 1 aromatic rings. The van der Waals surface area contributed by atoms with Crippen molar-refractivity contribution in [2.24, 2.45) is 0 Å². The van der Waals surface area contributed by atoms with Crippen LogP contribution in [-0.4, -0.2) is 37.4 Å². The first kappa shape index (κ1) is 16.7. The van der Waals surface area contributed by atoms with E-state index in [1.165, 1.54) is 29.6 Å². The minimum absolute atomic E-state index is 0.0554. The molecule has 2 N–H and O–H groups in total. The molecule has 0 amide bonds. The number of benzene rings is 1. The number of nitrogens with zero attached hydrogens (tertiary/aromatic N) is 1. The molecule has 112 valence electrons. The maximum Gasteiger partial charge on any atom is 0.337 e. The molecular formula is C12H17ClN2O4S. The van der Waals surface area contributed by atoms with E-state index in [4.69, 9.17) is 16.7 Å². The van der Waals surface area contributed by atoms with E-state index in [1.54, 1.807) is 0 Å². The van der Waals surface area contributed by atoms with Crippen molar-refractivity contribution >= 4 is 33.5 Å². The first-order valence-electron chi connectivity index (χ1n) is 6.05. The van der Waals surface area contributed by atoms with Gasteiger partial charge in [0, 0.05) is 13.6 Å². The number of nitrogens with one attached hydrogen (secondary N) is 1. The van der Waals surface area contributed by atoms with Crippen LogP contribution in [0.15, 0.2) is 18.2 Å². The standard InChI is InChI=1S/C12H17ClN2O4S/c1-3-4-7-15(2)20(18,19)14-9-5-6-11(13)10(8-9)12(16)17/h5-6,8,14H,3-4,7H2,1-2H3,(H,16,17). The topological polar surface area (TPSA) is 86.7 Å². The van der Waals surface area contributed by atoms with E-state index in [2.05, 4.69) is 4.72 Å². The zero-order valence-electron chi connectivity index (χ0n) is 11.3. The number of anilines is 1. The molecule has 8 heteroatoms. The van der Waals surface area contributed by atoms with Gasteiger partial charge in [-0.05, 0) is 24.6 Å². The number of hydrogen-bond donors (Lipinski definition) is 2.